The molecule has 0 aliphatic carbocycles. The van der Waals surface area contributed by atoms with Gasteiger partial charge in [0.15, 0.2) is 0 Å². The maximum atomic E-state index is 11.9. The largest absolute Gasteiger partial charge is 0.508 e. The summed E-state index contributed by atoms with van der Waals surface area (Å²) in [7, 11) is 0. The first-order valence-electron chi connectivity index (χ1n) is 6.70. The fourth-order valence-electron chi connectivity index (χ4n) is 2.33. The molecule has 1 saturated heterocycles. The minimum Gasteiger partial charge on any atom is -0.508 e. The topological polar surface area (TPSA) is 81.6 Å². The van der Waals surface area contributed by atoms with Gasteiger partial charge in [0, 0.05) is 12.6 Å². The van der Waals surface area contributed by atoms with Gasteiger partial charge in [-0.3, -0.25) is 4.79 Å². The number of aromatic hydroxyl groups is 2. The molecule has 4 N–H and O–H groups in total. The first-order valence-corrected chi connectivity index (χ1v) is 6.70. The molecule has 0 spiro atoms. The number of nitrogens with one attached hydrogen (secondary N) is 2. The third-order valence-corrected chi connectivity index (χ3v) is 3.42. The van der Waals surface area contributed by atoms with E-state index in [1.54, 1.807) is 0 Å². The van der Waals surface area contributed by atoms with Gasteiger partial charge in [-0.2, -0.15) is 0 Å². The summed E-state index contributed by atoms with van der Waals surface area (Å²) in [4.78, 5) is 11.9. The molecule has 104 valence electrons. The molecule has 1 heterocycles. The maximum absolute atomic E-state index is 11.9. The summed E-state index contributed by atoms with van der Waals surface area (Å²) in [5, 5.41) is 25.1. The number of amides is 1. The molecule has 1 atom stereocenters. The van der Waals surface area contributed by atoms with Gasteiger partial charge < -0.3 is 20.8 Å². The summed E-state index contributed by atoms with van der Waals surface area (Å²) < 4.78 is 0. The maximum Gasteiger partial charge on any atom is 0.255 e. The van der Waals surface area contributed by atoms with Gasteiger partial charge in [0.25, 0.3) is 5.91 Å². The number of piperidine rings is 1. The molecule has 5 nitrogen and oxygen atoms in total. The Morgan fingerprint density at radius 1 is 1.37 bits per heavy atom. The van der Waals surface area contributed by atoms with Gasteiger partial charge in [-0.25, -0.2) is 0 Å². The highest BCUT2D eigenvalue weighted by molar-refractivity contribution is 5.97. The predicted octanol–water partition coefficient (Wildman–Crippen LogP) is 1.36. The zero-order valence-electron chi connectivity index (χ0n) is 10.9. The molecule has 5 heteroatoms. The smallest absolute Gasteiger partial charge is 0.255 e. The van der Waals surface area contributed by atoms with Gasteiger partial charge in [-0.15, -0.1) is 0 Å². The van der Waals surface area contributed by atoms with Crippen LogP contribution in [-0.2, 0) is 0 Å². The summed E-state index contributed by atoms with van der Waals surface area (Å²) in [6.45, 7) is 1.61. The molecule has 1 fully saturated rings. The van der Waals surface area contributed by atoms with E-state index in [4.69, 9.17) is 0 Å². The van der Waals surface area contributed by atoms with Crippen molar-refractivity contribution < 1.29 is 15.0 Å². The van der Waals surface area contributed by atoms with Crippen LogP contribution >= 0.6 is 0 Å². The minimum atomic E-state index is -0.357. The Balaban J connectivity index is 1.82. The van der Waals surface area contributed by atoms with Crippen LogP contribution < -0.4 is 10.6 Å². The summed E-state index contributed by atoms with van der Waals surface area (Å²) >= 11 is 0. The molecule has 0 bridgehead atoms. The first-order chi connectivity index (χ1) is 9.16. The standard InChI is InChI=1S/C14H20N2O3/c17-11-4-5-13(18)12(9-11)14(19)16-8-6-10-3-1-2-7-15-10/h4-5,9-10,15,17-18H,1-3,6-8H2,(H,16,19). The van der Waals surface area contributed by atoms with Crippen LogP contribution in [0.3, 0.4) is 0 Å². The second-order valence-electron chi connectivity index (χ2n) is 4.89. The Hall–Kier alpha value is -1.75. The highest BCUT2D eigenvalue weighted by Crippen LogP contribution is 2.21. The number of hydrogen-bond acceptors (Lipinski definition) is 4. The van der Waals surface area contributed by atoms with Crippen molar-refractivity contribution in [3.05, 3.63) is 23.8 Å². The van der Waals surface area contributed by atoms with Crippen LogP contribution in [0.25, 0.3) is 0 Å². The quantitative estimate of drug-likeness (QED) is 0.619. The van der Waals surface area contributed by atoms with Gasteiger partial charge in [-0.05, 0) is 44.0 Å². The second-order valence-corrected chi connectivity index (χ2v) is 4.89. The number of benzene rings is 1. The van der Waals surface area contributed by atoms with Gasteiger partial charge in [0.1, 0.15) is 11.5 Å². The van der Waals surface area contributed by atoms with Gasteiger partial charge in [-0.1, -0.05) is 6.42 Å². The van der Waals surface area contributed by atoms with E-state index in [0.717, 1.165) is 19.4 Å². The number of carbonyl (C=O) groups is 1. The van der Waals surface area contributed by atoms with Crippen LogP contribution in [0.1, 0.15) is 36.0 Å². The van der Waals surface area contributed by atoms with Crippen molar-refractivity contribution in [1.29, 1.82) is 0 Å². The lowest BCUT2D eigenvalue weighted by Gasteiger charge is -2.23. The van der Waals surface area contributed by atoms with E-state index >= 15 is 0 Å². The Bertz CT molecular complexity index is 442. The normalized spacial score (nSPS) is 19.1. The summed E-state index contributed by atoms with van der Waals surface area (Å²) in [6, 6.07) is 4.39. The fraction of sp³-hybridized carbons (Fsp3) is 0.500. The van der Waals surface area contributed by atoms with E-state index in [2.05, 4.69) is 10.6 Å². The molecular weight excluding hydrogens is 244 g/mol. The SMILES string of the molecule is O=C(NCCC1CCCCN1)c1cc(O)ccc1O. The molecular formula is C14H20N2O3. The van der Waals surface area contributed by atoms with Crippen molar-refractivity contribution in [1.82, 2.24) is 10.6 Å². The Labute approximate surface area is 112 Å². The molecule has 1 unspecified atom stereocenters. The lowest BCUT2D eigenvalue weighted by Crippen LogP contribution is -2.37. The van der Waals surface area contributed by atoms with E-state index < -0.39 is 0 Å². The third kappa shape index (κ3) is 3.86. The average molecular weight is 264 g/mol. The number of hydrogen-bond donors (Lipinski definition) is 4. The van der Waals surface area contributed by atoms with E-state index in [0.29, 0.717) is 12.6 Å². The van der Waals surface area contributed by atoms with Gasteiger partial charge >= 0.3 is 0 Å². The van der Waals surface area contributed by atoms with E-state index in [1.165, 1.54) is 31.0 Å². The molecule has 1 aromatic rings. The highest BCUT2D eigenvalue weighted by atomic mass is 16.3. The summed E-state index contributed by atoms with van der Waals surface area (Å²) in [5.41, 5.74) is 0.108. The van der Waals surface area contributed by atoms with Crippen molar-refractivity contribution in [2.75, 3.05) is 13.1 Å². The molecule has 19 heavy (non-hydrogen) atoms. The van der Waals surface area contributed by atoms with E-state index in [-0.39, 0.29) is 23.0 Å². The number of carbonyl (C=O) groups excluding carboxylic acids is 1. The monoisotopic (exact) mass is 264 g/mol. The molecule has 0 saturated carbocycles. The van der Waals surface area contributed by atoms with Crippen LogP contribution in [0, 0.1) is 0 Å². The number of phenolic OH excluding ortho intramolecular Hbond substituents is 2. The molecule has 0 radical (unpaired) electrons. The van der Waals surface area contributed by atoms with Crippen molar-refractivity contribution in [2.45, 2.75) is 31.7 Å². The van der Waals surface area contributed by atoms with Crippen molar-refractivity contribution in [3.63, 3.8) is 0 Å². The molecule has 0 aromatic heterocycles. The molecule has 2 rings (SSSR count). The van der Waals surface area contributed by atoms with Crippen molar-refractivity contribution in [2.24, 2.45) is 0 Å². The fourth-order valence-corrected chi connectivity index (χ4v) is 2.33. The highest BCUT2D eigenvalue weighted by Gasteiger charge is 2.14. The van der Waals surface area contributed by atoms with Crippen LogP contribution in [0.5, 0.6) is 11.5 Å². The summed E-state index contributed by atoms with van der Waals surface area (Å²) in [6.07, 6.45) is 4.48. The second kappa shape index (κ2) is 6.43. The van der Waals surface area contributed by atoms with Crippen molar-refractivity contribution in [3.8, 4) is 11.5 Å². The Kier molecular flexibility index (Phi) is 4.63. The molecule has 1 aliphatic rings. The van der Waals surface area contributed by atoms with E-state index in [9.17, 15) is 15.0 Å². The first kappa shape index (κ1) is 13.7. The van der Waals surface area contributed by atoms with Crippen molar-refractivity contribution >= 4 is 5.91 Å². The minimum absolute atomic E-state index is 0.0307. The Morgan fingerprint density at radius 2 is 2.21 bits per heavy atom. The van der Waals surface area contributed by atoms with Gasteiger partial charge in [0.2, 0.25) is 0 Å². The molecule has 1 aromatic carbocycles. The average Bonchev–Trinajstić information content (AvgIpc) is 2.42. The van der Waals surface area contributed by atoms with Crippen LogP contribution in [0.2, 0.25) is 0 Å². The third-order valence-electron chi connectivity index (χ3n) is 3.42. The van der Waals surface area contributed by atoms with Gasteiger partial charge in [0.05, 0.1) is 5.56 Å². The molecule has 1 aliphatic heterocycles. The van der Waals surface area contributed by atoms with Crippen LogP contribution in [0.15, 0.2) is 18.2 Å². The number of phenols is 2. The lowest BCUT2D eigenvalue weighted by molar-refractivity contribution is 0.0948. The number of rotatable bonds is 4. The predicted molar refractivity (Wildman–Crippen MR) is 72.4 cm³/mol. The zero-order valence-corrected chi connectivity index (χ0v) is 10.9. The Morgan fingerprint density at radius 3 is 2.95 bits per heavy atom. The van der Waals surface area contributed by atoms with Crippen LogP contribution in [-0.4, -0.2) is 35.3 Å². The molecule has 1 amide bonds. The van der Waals surface area contributed by atoms with E-state index in [1.807, 2.05) is 0 Å². The lowest BCUT2D eigenvalue weighted by atomic mass is 10.0. The zero-order chi connectivity index (χ0) is 13.7. The summed E-state index contributed by atoms with van der Waals surface area (Å²) in [5.74, 6) is -0.507. The van der Waals surface area contributed by atoms with Crippen LogP contribution in [0.4, 0.5) is 0 Å².